The number of fused-ring (bicyclic) bond motifs is 1. The predicted octanol–water partition coefficient (Wildman–Crippen LogP) is 2.07. The summed E-state index contributed by atoms with van der Waals surface area (Å²) in [4.78, 5) is 1.15. The molecule has 1 fully saturated rings. The molecule has 1 N–H and O–H groups in total. The van der Waals surface area contributed by atoms with Crippen LogP contribution in [0.25, 0.3) is 0 Å². The third kappa shape index (κ3) is 1.87. The van der Waals surface area contributed by atoms with E-state index in [-0.39, 0.29) is 11.4 Å². The zero-order valence-electron chi connectivity index (χ0n) is 8.94. The van der Waals surface area contributed by atoms with Gasteiger partial charge < -0.3 is 14.6 Å². The summed E-state index contributed by atoms with van der Waals surface area (Å²) in [5.74, 6) is 1.65. The molecular formula is C12H14O3S. The summed E-state index contributed by atoms with van der Waals surface area (Å²) in [5.41, 5.74) is 0. The van der Waals surface area contributed by atoms with Crippen molar-refractivity contribution in [3.8, 4) is 11.5 Å². The molecule has 2 aliphatic rings. The fourth-order valence-electron chi connectivity index (χ4n) is 1.77. The van der Waals surface area contributed by atoms with Crippen molar-refractivity contribution in [3.05, 3.63) is 18.2 Å². The van der Waals surface area contributed by atoms with E-state index in [0.717, 1.165) is 29.2 Å². The Labute approximate surface area is 98.8 Å². The summed E-state index contributed by atoms with van der Waals surface area (Å²) in [6, 6.07) is 5.99. The van der Waals surface area contributed by atoms with E-state index in [1.54, 1.807) is 11.8 Å². The van der Waals surface area contributed by atoms with Crippen LogP contribution in [0.4, 0.5) is 0 Å². The van der Waals surface area contributed by atoms with Gasteiger partial charge in [-0.15, -0.1) is 11.8 Å². The lowest BCUT2D eigenvalue weighted by Crippen LogP contribution is -2.15. The van der Waals surface area contributed by atoms with E-state index in [4.69, 9.17) is 9.47 Å². The molecule has 86 valence electrons. The van der Waals surface area contributed by atoms with E-state index in [9.17, 15) is 5.11 Å². The highest BCUT2D eigenvalue weighted by Gasteiger charge is 2.43. The van der Waals surface area contributed by atoms with Crippen LogP contribution in [0.15, 0.2) is 23.1 Å². The van der Waals surface area contributed by atoms with Gasteiger partial charge in [-0.1, -0.05) is 0 Å². The Bertz CT molecular complexity index is 401. The summed E-state index contributed by atoms with van der Waals surface area (Å²) < 4.78 is 11.1. The summed E-state index contributed by atoms with van der Waals surface area (Å²) in [7, 11) is 0. The van der Waals surface area contributed by atoms with Gasteiger partial charge in [-0.25, -0.2) is 0 Å². The van der Waals surface area contributed by atoms with Gasteiger partial charge in [-0.2, -0.15) is 0 Å². The standard InChI is InChI=1S/C12H14O3S/c13-8-12(3-4-12)16-9-1-2-10-11(7-9)15-6-5-14-10/h1-2,7,13H,3-6,8H2. The number of aliphatic hydroxyl groups is 1. The lowest BCUT2D eigenvalue weighted by molar-refractivity contribution is 0.171. The molecule has 1 aromatic carbocycles. The molecule has 16 heavy (non-hydrogen) atoms. The Kier molecular flexibility index (Phi) is 2.48. The third-order valence-corrected chi connectivity index (χ3v) is 4.40. The quantitative estimate of drug-likeness (QED) is 0.875. The summed E-state index contributed by atoms with van der Waals surface area (Å²) >= 11 is 1.74. The maximum Gasteiger partial charge on any atom is 0.162 e. The molecular weight excluding hydrogens is 224 g/mol. The smallest absolute Gasteiger partial charge is 0.162 e. The van der Waals surface area contributed by atoms with Gasteiger partial charge in [0.25, 0.3) is 0 Å². The number of thioether (sulfide) groups is 1. The lowest BCUT2D eigenvalue weighted by Gasteiger charge is -2.19. The molecule has 0 radical (unpaired) electrons. The third-order valence-electron chi connectivity index (χ3n) is 2.94. The summed E-state index contributed by atoms with van der Waals surface area (Å²) in [5, 5.41) is 9.28. The molecule has 0 amide bonds. The Morgan fingerprint density at radius 1 is 1.19 bits per heavy atom. The van der Waals surface area contributed by atoms with Gasteiger partial charge in [-0.05, 0) is 31.0 Å². The first-order valence-electron chi connectivity index (χ1n) is 5.51. The van der Waals surface area contributed by atoms with Crippen molar-refractivity contribution >= 4 is 11.8 Å². The van der Waals surface area contributed by atoms with Gasteiger partial charge in [0.05, 0.1) is 6.61 Å². The molecule has 0 bridgehead atoms. The normalized spacial score (nSPS) is 20.6. The Hall–Kier alpha value is -0.870. The van der Waals surface area contributed by atoms with E-state index >= 15 is 0 Å². The van der Waals surface area contributed by atoms with Gasteiger partial charge in [0, 0.05) is 9.64 Å². The molecule has 3 nitrogen and oxygen atoms in total. The molecule has 1 aliphatic carbocycles. The second-order valence-electron chi connectivity index (χ2n) is 4.25. The average molecular weight is 238 g/mol. The van der Waals surface area contributed by atoms with Gasteiger partial charge in [0.1, 0.15) is 13.2 Å². The topological polar surface area (TPSA) is 38.7 Å². The van der Waals surface area contributed by atoms with Crippen LogP contribution >= 0.6 is 11.8 Å². The summed E-state index contributed by atoms with van der Waals surface area (Å²) in [6.45, 7) is 1.50. The van der Waals surface area contributed by atoms with E-state index in [1.807, 2.05) is 18.2 Å². The number of rotatable bonds is 3. The van der Waals surface area contributed by atoms with Crippen LogP contribution in [0.3, 0.4) is 0 Å². The minimum atomic E-state index is 0.0732. The molecule has 1 aromatic rings. The van der Waals surface area contributed by atoms with E-state index in [0.29, 0.717) is 13.2 Å². The minimum absolute atomic E-state index is 0.0732. The van der Waals surface area contributed by atoms with Gasteiger partial charge in [-0.3, -0.25) is 0 Å². The molecule has 4 heteroatoms. The van der Waals surface area contributed by atoms with Crippen molar-refractivity contribution in [1.82, 2.24) is 0 Å². The predicted molar refractivity (Wildman–Crippen MR) is 62.3 cm³/mol. The molecule has 3 rings (SSSR count). The Morgan fingerprint density at radius 2 is 1.94 bits per heavy atom. The van der Waals surface area contributed by atoms with Crippen LogP contribution in [0.1, 0.15) is 12.8 Å². The molecule has 1 heterocycles. The molecule has 0 spiro atoms. The SMILES string of the molecule is OCC1(Sc2ccc3c(c2)OCCO3)CC1. The molecule has 1 aliphatic heterocycles. The van der Waals surface area contributed by atoms with Crippen molar-refractivity contribution in [2.45, 2.75) is 22.5 Å². The van der Waals surface area contributed by atoms with E-state index in [1.165, 1.54) is 0 Å². The maximum absolute atomic E-state index is 9.28. The van der Waals surface area contributed by atoms with Crippen molar-refractivity contribution in [1.29, 1.82) is 0 Å². The number of hydrogen-bond acceptors (Lipinski definition) is 4. The van der Waals surface area contributed by atoms with Crippen molar-refractivity contribution < 1.29 is 14.6 Å². The monoisotopic (exact) mass is 238 g/mol. The lowest BCUT2D eigenvalue weighted by atomic mass is 10.3. The van der Waals surface area contributed by atoms with Crippen LogP contribution in [0.2, 0.25) is 0 Å². The van der Waals surface area contributed by atoms with Crippen LogP contribution in [-0.4, -0.2) is 29.7 Å². The molecule has 0 aromatic heterocycles. The largest absolute Gasteiger partial charge is 0.486 e. The molecule has 0 saturated heterocycles. The van der Waals surface area contributed by atoms with Crippen molar-refractivity contribution in [2.75, 3.05) is 19.8 Å². The van der Waals surface area contributed by atoms with Gasteiger partial charge in [0.2, 0.25) is 0 Å². The fourth-order valence-corrected chi connectivity index (χ4v) is 2.94. The Balaban J connectivity index is 1.80. The zero-order chi connectivity index (χ0) is 11.0. The van der Waals surface area contributed by atoms with Crippen LogP contribution in [0, 0.1) is 0 Å². The second kappa shape index (κ2) is 3.86. The Morgan fingerprint density at radius 3 is 2.62 bits per heavy atom. The number of benzene rings is 1. The zero-order valence-corrected chi connectivity index (χ0v) is 9.76. The van der Waals surface area contributed by atoms with Crippen molar-refractivity contribution in [2.24, 2.45) is 0 Å². The number of aliphatic hydroxyl groups excluding tert-OH is 1. The van der Waals surface area contributed by atoms with E-state index in [2.05, 4.69) is 0 Å². The first-order valence-corrected chi connectivity index (χ1v) is 6.33. The number of hydrogen-bond donors (Lipinski definition) is 1. The van der Waals surface area contributed by atoms with Crippen LogP contribution in [0.5, 0.6) is 11.5 Å². The molecule has 1 saturated carbocycles. The van der Waals surface area contributed by atoms with Crippen LogP contribution in [-0.2, 0) is 0 Å². The first-order chi connectivity index (χ1) is 7.81. The summed E-state index contributed by atoms with van der Waals surface area (Å²) in [6.07, 6.45) is 2.20. The molecule has 0 atom stereocenters. The molecule has 0 unspecified atom stereocenters. The first kappa shape index (κ1) is 10.3. The minimum Gasteiger partial charge on any atom is -0.486 e. The second-order valence-corrected chi connectivity index (χ2v) is 5.79. The highest BCUT2D eigenvalue weighted by Crippen LogP contribution is 2.52. The van der Waals surface area contributed by atoms with E-state index < -0.39 is 0 Å². The highest BCUT2D eigenvalue weighted by molar-refractivity contribution is 8.01. The van der Waals surface area contributed by atoms with Crippen molar-refractivity contribution in [3.63, 3.8) is 0 Å². The fraction of sp³-hybridized carbons (Fsp3) is 0.500. The highest BCUT2D eigenvalue weighted by atomic mass is 32.2. The van der Waals surface area contributed by atoms with Gasteiger partial charge in [0.15, 0.2) is 11.5 Å². The maximum atomic E-state index is 9.28. The number of ether oxygens (including phenoxy) is 2. The average Bonchev–Trinajstić information content (AvgIpc) is 3.09. The van der Waals surface area contributed by atoms with Crippen LogP contribution < -0.4 is 9.47 Å². The van der Waals surface area contributed by atoms with Gasteiger partial charge >= 0.3 is 0 Å².